The van der Waals surface area contributed by atoms with Crippen molar-refractivity contribution in [3.8, 4) is 6.07 Å². The molecular formula is C11H12N2O. The third-order valence-electron chi connectivity index (χ3n) is 2.19. The maximum absolute atomic E-state index is 11.1. The van der Waals surface area contributed by atoms with Crippen LogP contribution in [0.5, 0.6) is 0 Å². The molecule has 1 aromatic rings. The number of primary amides is 1. The summed E-state index contributed by atoms with van der Waals surface area (Å²) in [4.78, 5) is 11.1. The molecule has 1 amide bonds. The summed E-state index contributed by atoms with van der Waals surface area (Å²) in [6.45, 7) is 1.56. The van der Waals surface area contributed by atoms with E-state index in [1.165, 1.54) is 0 Å². The van der Waals surface area contributed by atoms with Gasteiger partial charge in [-0.05, 0) is 18.9 Å². The van der Waals surface area contributed by atoms with E-state index in [-0.39, 0.29) is 0 Å². The molecule has 1 rings (SSSR count). The molecule has 0 radical (unpaired) electrons. The fourth-order valence-electron chi connectivity index (χ4n) is 1.19. The number of nitrogens with two attached hydrogens (primary N) is 1. The van der Waals surface area contributed by atoms with Gasteiger partial charge >= 0.3 is 0 Å². The molecule has 0 bridgehead atoms. The number of carbonyl (C=O) groups excluding carboxylic acids is 1. The molecule has 0 spiro atoms. The first-order valence-electron chi connectivity index (χ1n) is 4.33. The molecule has 1 atom stereocenters. The van der Waals surface area contributed by atoms with Crippen molar-refractivity contribution in [2.24, 2.45) is 11.1 Å². The van der Waals surface area contributed by atoms with Crippen LogP contribution >= 0.6 is 0 Å². The highest BCUT2D eigenvalue weighted by atomic mass is 16.1. The van der Waals surface area contributed by atoms with Gasteiger partial charge in [-0.1, -0.05) is 30.3 Å². The Morgan fingerprint density at radius 1 is 1.50 bits per heavy atom. The van der Waals surface area contributed by atoms with Crippen molar-refractivity contribution in [1.29, 1.82) is 5.26 Å². The third-order valence-corrected chi connectivity index (χ3v) is 2.19. The van der Waals surface area contributed by atoms with E-state index in [9.17, 15) is 4.79 Å². The van der Waals surface area contributed by atoms with E-state index in [1.54, 1.807) is 6.92 Å². The maximum atomic E-state index is 11.1. The second-order valence-electron chi connectivity index (χ2n) is 3.47. The number of rotatable bonds is 3. The van der Waals surface area contributed by atoms with Crippen molar-refractivity contribution in [3.05, 3.63) is 35.9 Å². The Hall–Kier alpha value is -1.82. The van der Waals surface area contributed by atoms with Crippen molar-refractivity contribution in [2.75, 3.05) is 0 Å². The van der Waals surface area contributed by atoms with Crippen LogP contribution in [-0.4, -0.2) is 5.91 Å². The number of hydrogen-bond donors (Lipinski definition) is 1. The lowest BCUT2D eigenvalue weighted by Gasteiger charge is -2.16. The minimum absolute atomic E-state index is 0.361. The van der Waals surface area contributed by atoms with Crippen molar-refractivity contribution in [3.63, 3.8) is 0 Å². The second-order valence-corrected chi connectivity index (χ2v) is 3.47. The first kappa shape index (κ1) is 10.3. The number of hydrogen-bond acceptors (Lipinski definition) is 2. The highest BCUT2D eigenvalue weighted by Crippen LogP contribution is 2.20. The average molecular weight is 188 g/mol. The standard InChI is InChI=1S/C11H12N2O/c1-11(8-12,10(13)14)7-9-5-3-2-4-6-9/h2-6H,7H2,1H3,(H2,13,14)/t11-/m0/s1. The Labute approximate surface area is 83.2 Å². The molecular weight excluding hydrogens is 176 g/mol. The molecule has 0 aliphatic carbocycles. The van der Waals surface area contributed by atoms with Gasteiger partial charge in [0.1, 0.15) is 5.41 Å². The largest absolute Gasteiger partial charge is 0.368 e. The first-order valence-corrected chi connectivity index (χ1v) is 4.33. The van der Waals surface area contributed by atoms with Crippen LogP contribution in [-0.2, 0) is 11.2 Å². The number of nitriles is 1. The van der Waals surface area contributed by atoms with Gasteiger partial charge in [-0.3, -0.25) is 4.79 Å². The lowest BCUT2D eigenvalue weighted by molar-refractivity contribution is -0.124. The minimum atomic E-state index is -1.11. The number of amides is 1. The zero-order valence-electron chi connectivity index (χ0n) is 8.03. The predicted molar refractivity (Wildman–Crippen MR) is 53.1 cm³/mol. The molecule has 3 nitrogen and oxygen atoms in total. The summed E-state index contributed by atoms with van der Waals surface area (Å²) in [5.41, 5.74) is 5.00. The SMILES string of the molecule is C[C@@](C#N)(Cc1ccccc1)C(N)=O. The molecule has 14 heavy (non-hydrogen) atoms. The van der Waals surface area contributed by atoms with E-state index in [0.29, 0.717) is 6.42 Å². The zero-order valence-corrected chi connectivity index (χ0v) is 8.03. The summed E-state index contributed by atoms with van der Waals surface area (Å²) in [6.07, 6.45) is 0.361. The van der Waals surface area contributed by atoms with Crippen LogP contribution < -0.4 is 5.73 Å². The van der Waals surface area contributed by atoms with Crippen LogP contribution in [0.25, 0.3) is 0 Å². The predicted octanol–water partition coefficient (Wildman–Crippen LogP) is 1.24. The minimum Gasteiger partial charge on any atom is -0.368 e. The molecule has 0 aliphatic heterocycles. The summed E-state index contributed by atoms with van der Waals surface area (Å²) in [7, 11) is 0. The Kier molecular flexibility index (Phi) is 2.88. The summed E-state index contributed by atoms with van der Waals surface area (Å²) in [5.74, 6) is -0.580. The summed E-state index contributed by atoms with van der Waals surface area (Å²) in [5, 5.41) is 8.87. The van der Waals surface area contributed by atoms with Gasteiger partial charge in [0.15, 0.2) is 0 Å². The second kappa shape index (κ2) is 3.93. The Morgan fingerprint density at radius 2 is 2.07 bits per heavy atom. The Bertz CT molecular complexity index is 367. The average Bonchev–Trinajstić information content (AvgIpc) is 2.19. The molecule has 0 saturated heterocycles. The smallest absolute Gasteiger partial charge is 0.237 e. The van der Waals surface area contributed by atoms with E-state index >= 15 is 0 Å². The van der Waals surface area contributed by atoms with Gasteiger partial charge in [-0.15, -0.1) is 0 Å². The van der Waals surface area contributed by atoms with Crippen LogP contribution in [0.4, 0.5) is 0 Å². The van der Waals surface area contributed by atoms with Crippen molar-refractivity contribution in [2.45, 2.75) is 13.3 Å². The van der Waals surface area contributed by atoms with Crippen LogP contribution in [0.15, 0.2) is 30.3 Å². The number of nitrogens with zero attached hydrogens (tertiary/aromatic N) is 1. The van der Waals surface area contributed by atoms with E-state index in [2.05, 4.69) is 0 Å². The quantitative estimate of drug-likeness (QED) is 0.775. The zero-order chi connectivity index (χ0) is 10.6. The normalized spacial score (nSPS) is 14.0. The molecule has 2 N–H and O–H groups in total. The van der Waals surface area contributed by atoms with E-state index in [0.717, 1.165) is 5.56 Å². The Balaban J connectivity index is 2.88. The summed E-state index contributed by atoms with van der Waals surface area (Å²) < 4.78 is 0. The monoisotopic (exact) mass is 188 g/mol. The van der Waals surface area contributed by atoms with Crippen molar-refractivity contribution < 1.29 is 4.79 Å². The van der Waals surface area contributed by atoms with Gasteiger partial charge in [0.2, 0.25) is 5.91 Å². The molecule has 72 valence electrons. The fourth-order valence-corrected chi connectivity index (χ4v) is 1.19. The van der Waals surface area contributed by atoms with Gasteiger partial charge in [0, 0.05) is 0 Å². The third kappa shape index (κ3) is 2.11. The van der Waals surface area contributed by atoms with Crippen molar-refractivity contribution >= 4 is 5.91 Å². The highest BCUT2D eigenvalue weighted by molar-refractivity contribution is 5.83. The van der Waals surface area contributed by atoms with Gasteiger partial charge in [0.05, 0.1) is 6.07 Å². The van der Waals surface area contributed by atoms with E-state index in [4.69, 9.17) is 11.0 Å². The summed E-state index contributed by atoms with van der Waals surface area (Å²) in [6, 6.07) is 11.3. The van der Waals surface area contributed by atoms with Crippen LogP contribution in [0, 0.1) is 16.7 Å². The number of carbonyl (C=O) groups is 1. The van der Waals surface area contributed by atoms with Gasteiger partial charge in [-0.2, -0.15) is 5.26 Å². The van der Waals surface area contributed by atoms with Gasteiger partial charge in [0.25, 0.3) is 0 Å². The summed E-state index contributed by atoms with van der Waals surface area (Å²) >= 11 is 0. The van der Waals surface area contributed by atoms with E-state index in [1.807, 2.05) is 36.4 Å². The molecule has 3 heteroatoms. The fraction of sp³-hybridized carbons (Fsp3) is 0.273. The van der Waals surface area contributed by atoms with Gasteiger partial charge in [-0.25, -0.2) is 0 Å². The molecule has 0 heterocycles. The number of benzene rings is 1. The first-order chi connectivity index (χ1) is 6.58. The molecule has 0 aromatic heterocycles. The van der Waals surface area contributed by atoms with Gasteiger partial charge < -0.3 is 5.73 Å². The van der Waals surface area contributed by atoms with Crippen LogP contribution in [0.2, 0.25) is 0 Å². The maximum Gasteiger partial charge on any atom is 0.237 e. The van der Waals surface area contributed by atoms with Crippen molar-refractivity contribution in [1.82, 2.24) is 0 Å². The molecule has 0 aliphatic rings. The molecule has 0 saturated carbocycles. The lowest BCUT2D eigenvalue weighted by atomic mass is 9.84. The topological polar surface area (TPSA) is 66.9 Å². The molecule has 0 fully saturated rings. The lowest BCUT2D eigenvalue weighted by Crippen LogP contribution is -2.34. The van der Waals surface area contributed by atoms with E-state index < -0.39 is 11.3 Å². The highest BCUT2D eigenvalue weighted by Gasteiger charge is 2.31. The Morgan fingerprint density at radius 3 is 2.50 bits per heavy atom. The molecule has 1 aromatic carbocycles. The van der Waals surface area contributed by atoms with Crippen LogP contribution in [0.3, 0.4) is 0 Å². The molecule has 0 unspecified atom stereocenters. The van der Waals surface area contributed by atoms with Crippen LogP contribution in [0.1, 0.15) is 12.5 Å².